The van der Waals surface area contributed by atoms with E-state index in [2.05, 4.69) is 15.5 Å². The molecular formula is C6H12N4O. The molecule has 0 radical (unpaired) electrons. The number of hydrogen-bond donors (Lipinski definition) is 0. The Balaban J connectivity index is 2.39. The van der Waals surface area contributed by atoms with Crippen molar-refractivity contribution in [2.75, 3.05) is 14.1 Å². The first kappa shape index (κ1) is 7.97. The summed E-state index contributed by atoms with van der Waals surface area (Å²) in [6.07, 6.45) is 0.892. The van der Waals surface area contributed by atoms with Crippen LogP contribution >= 0.6 is 0 Å². The lowest BCUT2D eigenvalue weighted by Crippen LogP contribution is -2.03. The fraction of sp³-hybridized carbons (Fsp3) is 0.833. The van der Waals surface area contributed by atoms with Crippen molar-refractivity contribution in [3.8, 4) is 0 Å². The van der Waals surface area contributed by atoms with Crippen molar-refractivity contribution in [3.63, 3.8) is 0 Å². The van der Waals surface area contributed by atoms with Crippen LogP contribution in [0.15, 0.2) is 15.5 Å². The highest BCUT2D eigenvalue weighted by molar-refractivity contribution is 5.83. The summed E-state index contributed by atoms with van der Waals surface area (Å²) in [4.78, 5) is 4.91. The van der Waals surface area contributed by atoms with Gasteiger partial charge < -0.3 is 4.84 Å². The molecular weight excluding hydrogens is 144 g/mol. The van der Waals surface area contributed by atoms with Crippen molar-refractivity contribution in [2.45, 2.75) is 19.4 Å². The number of hydrogen-bond acceptors (Lipinski definition) is 4. The van der Waals surface area contributed by atoms with Gasteiger partial charge in [-0.3, -0.25) is 5.01 Å². The zero-order chi connectivity index (χ0) is 8.27. The van der Waals surface area contributed by atoms with Gasteiger partial charge in [-0.2, -0.15) is 0 Å². The number of amidine groups is 1. The van der Waals surface area contributed by atoms with Gasteiger partial charge in [0.25, 0.3) is 0 Å². The Morgan fingerprint density at radius 3 is 2.82 bits per heavy atom. The summed E-state index contributed by atoms with van der Waals surface area (Å²) in [6, 6.07) is 0. The Kier molecular flexibility index (Phi) is 2.40. The molecule has 1 aliphatic heterocycles. The van der Waals surface area contributed by atoms with E-state index in [0.717, 1.165) is 6.42 Å². The summed E-state index contributed by atoms with van der Waals surface area (Å²) in [7, 11) is 3.62. The SMILES string of the molecule is CC1CC(N=NN(C)C)=NO1. The third-order valence-corrected chi connectivity index (χ3v) is 1.15. The maximum atomic E-state index is 4.91. The second-order valence-corrected chi connectivity index (χ2v) is 2.66. The highest BCUT2D eigenvalue weighted by Crippen LogP contribution is 2.09. The fourth-order valence-electron chi connectivity index (χ4n) is 0.683. The summed E-state index contributed by atoms with van der Waals surface area (Å²) in [6.45, 7) is 1.95. The first-order valence-corrected chi connectivity index (χ1v) is 3.50. The van der Waals surface area contributed by atoms with Crippen molar-refractivity contribution in [1.29, 1.82) is 0 Å². The number of rotatable bonds is 1. The van der Waals surface area contributed by atoms with Crippen molar-refractivity contribution in [2.24, 2.45) is 15.5 Å². The van der Waals surface area contributed by atoms with E-state index in [4.69, 9.17) is 4.84 Å². The molecule has 0 aromatic rings. The molecule has 1 unspecified atom stereocenters. The molecule has 1 heterocycles. The van der Waals surface area contributed by atoms with Crippen LogP contribution in [0.25, 0.3) is 0 Å². The molecule has 1 aliphatic rings. The Hall–Kier alpha value is -1.13. The van der Waals surface area contributed by atoms with Crippen LogP contribution in [0, 0.1) is 0 Å². The largest absolute Gasteiger partial charge is 0.391 e. The lowest BCUT2D eigenvalue weighted by atomic mass is 10.3. The first-order chi connectivity index (χ1) is 5.18. The van der Waals surface area contributed by atoms with Crippen molar-refractivity contribution in [3.05, 3.63) is 0 Å². The number of nitrogens with zero attached hydrogens (tertiary/aromatic N) is 4. The van der Waals surface area contributed by atoms with Gasteiger partial charge in [0.15, 0.2) is 5.84 Å². The van der Waals surface area contributed by atoms with Crippen LogP contribution in [0.1, 0.15) is 13.3 Å². The van der Waals surface area contributed by atoms with E-state index in [1.807, 2.05) is 21.0 Å². The predicted molar refractivity (Wildman–Crippen MR) is 41.1 cm³/mol. The topological polar surface area (TPSA) is 49.5 Å². The van der Waals surface area contributed by atoms with Gasteiger partial charge >= 0.3 is 0 Å². The van der Waals surface area contributed by atoms with Crippen LogP contribution in [-0.4, -0.2) is 31.0 Å². The van der Waals surface area contributed by atoms with Crippen LogP contribution in [0.3, 0.4) is 0 Å². The molecule has 0 amide bonds. The van der Waals surface area contributed by atoms with Crippen LogP contribution in [0.2, 0.25) is 0 Å². The molecule has 0 aliphatic carbocycles. The van der Waals surface area contributed by atoms with E-state index < -0.39 is 0 Å². The van der Waals surface area contributed by atoms with Gasteiger partial charge in [0.2, 0.25) is 0 Å². The van der Waals surface area contributed by atoms with E-state index in [1.54, 1.807) is 5.01 Å². The van der Waals surface area contributed by atoms with Gasteiger partial charge in [-0.15, -0.1) is 5.11 Å². The van der Waals surface area contributed by atoms with Gasteiger partial charge in [-0.25, -0.2) is 0 Å². The molecule has 62 valence electrons. The Morgan fingerprint density at radius 1 is 1.64 bits per heavy atom. The third-order valence-electron chi connectivity index (χ3n) is 1.15. The maximum Gasteiger partial charge on any atom is 0.195 e. The summed E-state index contributed by atoms with van der Waals surface area (Å²) in [5.41, 5.74) is 0. The fourth-order valence-corrected chi connectivity index (χ4v) is 0.683. The van der Waals surface area contributed by atoms with Crippen LogP contribution in [-0.2, 0) is 4.84 Å². The molecule has 0 N–H and O–H groups in total. The Bertz CT molecular complexity index is 187. The van der Waals surface area contributed by atoms with Gasteiger partial charge in [-0.1, -0.05) is 10.4 Å². The highest BCUT2D eigenvalue weighted by atomic mass is 16.6. The molecule has 0 saturated heterocycles. The normalized spacial score (nSPS) is 23.5. The second kappa shape index (κ2) is 3.32. The summed E-state index contributed by atoms with van der Waals surface area (Å²) >= 11 is 0. The molecule has 0 aromatic heterocycles. The lowest BCUT2D eigenvalue weighted by molar-refractivity contribution is 0.0995. The van der Waals surface area contributed by atoms with E-state index in [1.165, 1.54) is 0 Å². The monoisotopic (exact) mass is 156 g/mol. The molecule has 11 heavy (non-hydrogen) atoms. The number of oxime groups is 1. The molecule has 0 bridgehead atoms. The minimum Gasteiger partial charge on any atom is -0.391 e. The molecule has 0 saturated carbocycles. The quantitative estimate of drug-likeness (QED) is 0.420. The first-order valence-electron chi connectivity index (χ1n) is 3.50. The van der Waals surface area contributed by atoms with Crippen LogP contribution in [0.5, 0.6) is 0 Å². The molecule has 1 atom stereocenters. The lowest BCUT2D eigenvalue weighted by Gasteiger charge is -1.98. The summed E-state index contributed by atoms with van der Waals surface area (Å²) in [5, 5.41) is 13.0. The highest BCUT2D eigenvalue weighted by Gasteiger charge is 2.15. The molecule has 5 heteroatoms. The van der Waals surface area contributed by atoms with Crippen LogP contribution < -0.4 is 0 Å². The van der Waals surface area contributed by atoms with E-state index in [-0.39, 0.29) is 6.10 Å². The molecule has 0 spiro atoms. The van der Waals surface area contributed by atoms with Gasteiger partial charge in [0.1, 0.15) is 6.10 Å². The predicted octanol–water partition coefficient (Wildman–Crippen LogP) is 1.04. The third kappa shape index (κ3) is 2.53. The Morgan fingerprint density at radius 2 is 2.36 bits per heavy atom. The van der Waals surface area contributed by atoms with Crippen molar-refractivity contribution < 1.29 is 4.84 Å². The standard InChI is InChI=1S/C6H12N4O/c1-5-4-6(8-11-5)7-9-10(2)3/h5H,4H2,1-3H3. The van der Waals surface area contributed by atoms with E-state index in [9.17, 15) is 0 Å². The van der Waals surface area contributed by atoms with Crippen molar-refractivity contribution >= 4 is 5.84 Å². The summed E-state index contributed by atoms with van der Waals surface area (Å²) < 4.78 is 0. The van der Waals surface area contributed by atoms with Crippen LogP contribution in [0.4, 0.5) is 0 Å². The van der Waals surface area contributed by atoms with Crippen molar-refractivity contribution in [1.82, 2.24) is 5.01 Å². The average molecular weight is 156 g/mol. The van der Waals surface area contributed by atoms with Gasteiger partial charge in [0, 0.05) is 14.1 Å². The molecule has 1 rings (SSSR count). The van der Waals surface area contributed by atoms with E-state index in [0.29, 0.717) is 5.84 Å². The minimum absolute atomic E-state index is 0.145. The maximum absolute atomic E-state index is 4.91. The average Bonchev–Trinajstić information content (AvgIpc) is 2.31. The molecule has 0 aromatic carbocycles. The van der Waals surface area contributed by atoms with E-state index >= 15 is 0 Å². The van der Waals surface area contributed by atoms with Gasteiger partial charge in [0.05, 0.1) is 6.42 Å². The van der Waals surface area contributed by atoms with Gasteiger partial charge in [-0.05, 0) is 6.92 Å². The minimum atomic E-state index is 0.145. The summed E-state index contributed by atoms with van der Waals surface area (Å²) in [5.74, 6) is 0.659. The second-order valence-electron chi connectivity index (χ2n) is 2.66. The zero-order valence-electron chi connectivity index (χ0n) is 6.98. The zero-order valence-corrected chi connectivity index (χ0v) is 6.98. The molecule has 5 nitrogen and oxygen atoms in total. The molecule has 0 fully saturated rings. The Labute approximate surface area is 65.7 Å². The smallest absolute Gasteiger partial charge is 0.195 e.